The molecule has 0 radical (unpaired) electrons. The van der Waals surface area contributed by atoms with Crippen molar-refractivity contribution in [1.82, 2.24) is 19.8 Å². The molecule has 1 aromatic heterocycles. The molecule has 0 aliphatic carbocycles. The van der Waals surface area contributed by atoms with E-state index in [1.807, 2.05) is 17.2 Å². The van der Waals surface area contributed by atoms with Crippen molar-refractivity contribution in [1.29, 1.82) is 0 Å². The average molecular weight is 518 g/mol. The lowest BCUT2D eigenvalue weighted by Gasteiger charge is -2.32. The summed E-state index contributed by atoms with van der Waals surface area (Å²) in [5.41, 5.74) is 2.16. The maximum Gasteiger partial charge on any atom is 0.321 e. The predicted molar refractivity (Wildman–Crippen MR) is 137 cm³/mol. The molecule has 2 amide bonds. The van der Waals surface area contributed by atoms with E-state index in [4.69, 9.17) is 14.7 Å². The largest absolute Gasteiger partial charge is 0.432 e. The molecule has 6 rings (SSSR count). The number of aromatic nitrogens is 2. The Balaban J connectivity index is 1.11. The Hall–Kier alpha value is -4.54. The number of benzene rings is 2. The van der Waals surface area contributed by atoms with E-state index in [1.54, 1.807) is 29.5 Å². The van der Waals surface area contributed by atoms with Crippen LogP contribution in [0.3, 0.4) is 0 Å². The van der Waals surface area contributed by atoms with Crippen molar-refractivity contribution in [2.24, 2.45) is 4.99 Å². The highest BCUT2D eigenvalue weighted by Gasteiger charge is 2.41. The number of fused-ring (bicyclic) bond motifs is 1. The van der Waals surface area contributed by atoms with Crippen LogP contribution in [0.15, 0.2) is 78.2 Å². The molecule has 1 saturated heterocycles. The normalized spacial score (nSPS) is 20.6. The second-order valence-electron chi connectivity index (χ2n) is 9.31. The van der Waals surface area contributed by atoms with Crippen molar-refractivity contribution in [3.8, 4) is 0 Å². The summed E-state index contributed by atoms with van der Waals surface area (Å²) < 4.78 is 32.2. The van der Waals surface area contributed by atoms with E-state index in [2.05, 4.69) is 15.6 Å². The number of amides is 2. The number of carbonyl (C=O) groups excluding carboxylic acids is 1. The third-order valence-corrected chi connectivity index (χ3v) is 6.87. The van der Waals surface area contributed by atoms with Crippen molar-refractivity contribution in [3.63, 3.8) is 0 Å². The van der Waals surface area contributed by atoms with Crippen molar-refractivity contribution in [2.75, 3.05) is 23.7 Å². The van der Waals surface area contributed by atoms with Gasteiger partial charge in [0.15, 0.2) is 0 Å². The number of nitrogens with one attached hydrogen (secondary N) is 2. The molecule has 3 aromatic rings. The van der Waals surface area contributed by atoms with Gasteiger partial charge in [0.2, 0.25) is 5.95 Å². The number of hydrogen-bond acceptors (Lipinski definition) is 7. The quantitative estimate of drug-likeness (QED) is 0.504. The minimum Gasteiger partial charge on any atom is -0.432 e. The first-order valence-corrected chi connectivity index (χ1v) is 12.4. The Kier molecular flexibility index (Phi) is 6.32. The number of rotatable bonds is 5. The summed E-state index contributed by atoms with van der Waals surface area (Å²) in [5.74, 6) is -0.162. The fourth-order valence-electron chi connectivity index (χ4n) is 4.91. The molecule has 0 saturated carbocycles. The first kappa shape index (κ1) is 23.8. The number of anilines is 2. The smallest absolute Gasteiger partial charge is 0.321 e. The maximum atomic E-state index is 13.5. The van der Waals surface area contributed by atoms with Crippen LogP contribution in [0, 0.1) is 11.6 Å². The van der Waals surface area contributed by atoms with Crippen LogP contribution < -0.4 is 10.6 Å². The summed E-state index contributed by atoms with van der Waals surface area (Å²) in [6.07, 6.45) is 6.54. The molecule has 38 heavy (non-hydrogen) atoms. The average Bonchev–Trinajstić information content (AvgIpc) is 3.53. The first-order chi connectivity index (χ1) is 18.5. The van der Waals surface area contributed by atoms with E-state index in [-0.39, 0.29) is 35.8 Å². The van der Waals surface area contributed by atoms with Crippen LogP contribution in [0.4, 0.5) is 25.2 Å². The summed E-state index contributed by atoms with van der Waals surface area (Å²) in [4.78, 5) is 30.2. The molecule has 4 heterocycles. The zero-order valence-corrected chi connectivity index (χ0v) is 20.3. The van der Waals surface area contributed by atoms with Gasteiger partial charge in [0.1, 0.15) is 30.0 Å². The molecule has 0 bridgehead atoms. The van der Waals surface area contributed by atoms with Gasteiger partial charge in [0.05, 0.1) is 5.69 Å². The van der Waals surface area contributed by atoms with Gasteiger partial charge in [-0.3, -0.25) is 4.90 Å². The van der Waals surface area contributed by atoms with Crippen molar-refractivity contribution < 1.29 is 18.3 Å². The van der Waals surface area contributed by atoms with Crippen molar-refractivity contribution in [2.45, 2.75) is 31.0 Å². The fraction of sp³-hybridized carbons (Fsp3) is 0.259. The molecule has 9 nitrogen and oxygen atoms in total. The number of carbonyl (C=O) groups is 1. The van der Waals surface area contributed by atoms with Crippen LogP contribution >= 0.6 is 0 Å². The highest BCUT2D eigenvalue weighted by Crippen LogP contribution is 2.43. The van der Waals surface area contributed by atoms with Gasteiger partial charge < -0.3 is 20.3 Å². The fourth-order valence-corrected chi connectivity index (χ4v) is 4.91. The summed E-state index contributed by atoms with van der Waals surface area (Å²) in [5, 5.41) is 6.21. The monoisotopic (exact) mass is 517 g/mol. The molecule has 1 fully saturated rings. The van der Waals surface area contributed by atoms with Crippen LogP contribution in [0.25, 0.3) is 0 Å². The molecule has 3 aliphatic rings. The molecule has 11 heteroatoms. The number of likely N-dealkylation sites (tertiary alicyclic amines) is 1. The lowest BCUT2D eigenvalue weighted by atomic mass is 9.97. The Morgan fingerprint density at radius 3 is 2.42 bits per heavy atom. The van der Waals surface area contributed by atoms with E-state index in [0.717, 1.165) is 24.1 Å². The number of hydrogen-bond donors (Lipinski definition) is 2. The van der Waals surface area contributed by atoms with Crippen LogP contribution in [-0.2, 0) is 4.74 Å². The number of urea groups is 1. The van der Waals surface area contributed by atoms with Gasteiger partial charge in [-0.25, -0.2) is 28.5 Å². The number of piperidine rings is 1. The maximum absolute atomic E-state index is 13.5. The Morgan fingerprint density at radius 1 is 0.974 bits per heavy atom. The minimum atomic E-state index is -0.349. The highest BCUT2D eigenvalue weighted by molar-refractivity contribution is 5.89. The second-order valence-corrected chi connectivity index (χ2v) is 9.31. The molecule has 0 spiro atoms. The van der Waals surface area contributed by atoms with E-state index >= 15 is 0 Å². The van der Waals surface area contributed by atoms with Crippen molar-refractivity contribution >= 4 is 23.7 Å². The van der Waals surface area contributed by atoms with Gasteiger partial charge in [0.25, 0.3) is 6.02 Å². The third kappa shape index (κ3) is 4.86. The molecule has 3 aliphatic heterocycles. The van der Waals surface area contributed by atoms with Crippen LogP contribution in [0.1, 0.15) is 36.2 Å². The summed E-state index contributed by atoms with van der Waals surface area (Å²) >= 11 is 0. The molecular formula is C27H25F2N7O2. The van der Waals surface area contributed by atoms with E-state index in [9.17, 15) is 13.6 Å². The lowest BCUT2D eigenvalue weighted by molar-refractivity contribution is 0.197. The number of ether oxygens (including phenoxy) is 1. The van der Waals surface area contributed by atoms with Crippen LogP contribution in [-0.4, -0.2) is 51.0 Å². The molecule has 2 aromatic carbocycles. The minimum absolute atomic E-state index is 0.0958. The Labute approximate surface area is 217 Å². The van der Waals surface area contributed by atoms with Gasteiger partial charge in [-0.1, -0.05) is 12.1 Å². The number of amidine groups is 1. The molecule has 194 valence electrons. The summed E-state index contributed by atoms with van der Waals surface area (Å²) in [6.45, 7) is 1.12. The summed E-state index contributed by atoms with van der Waals surface area (Å²) in [7, 11) is 0. The van der Waals surface area contributed by atoms with Crippen LogP contribution in [0.2, 0.25) is 0 Å². The van der Waals surface area contributed by atoms with E-state index < -0.39 is 0 Å². The number of aliphatic imine (C=N–C) groups is 1. The Bertz CT molecular complexity index is 1370. The third-order valence-electron chi connectivity index (χ3n) is 6.87. The number of halogens is 2. The van der Waals surface area contributed by atoms with Gasteiger partial charge in [-0.2, -0.15) is 0 Å². The van der Waals surface area contributed by atoms with E-state index in [1.165, 1.54) is 36.4 Å². The molecular weight excluding hydrogens is 492 g/mol. The second kappa shape index (κ2) is 10.1. The van der Waals surface area contributed by atoms with Crippen molar-refractivity contribution in [3.05, 3.63) is 96.1 Å². The van der Waals surface area contributed by atoms with Crippen LogP contribution in [0.5, 0.6) is 0 Å². The first-order valence-electron chi connectivity index (χ1n) is 12.4. The van der Waals surface area contributed by atoms with Gasteiger partial charge >= 0.3 is 6.03 Å². The number of nitrogens with zero attached hydrogens (tertiary/aromatic N) is 5. The van der Waals surface area contributed by atoms with Gasteiger partial charge in [0, 0.05) is 37.2 Å². The summed E-state index contributed by atoms with van der Waals surface area (Å²) in [6, 6.07) is 13.6. The zero-order valence-electron chi connectivity index (χ0n) is 20.3. The van der Waals surface area contributed by atoms with Gasteiger partial charge in [-0.15, -0.1) is 0 Å². The molecule has 2 atom stereocenters. The zero-order chi connectivity index (χ0) is 26.1. The van der Waals surface area contributed by atoms with E-state index in [0.29, 0.717) is 30.7 Å². The molecule has 2 unspecified atom stereocenters. The topological polar surface area (TPSA) is 95.0 Å². The predicted octanol–water partition coefficient (Wildman–Crippen LogP) is 4.82. The SMILES string of the molecule is O=C(Nc1ccc(F)cc1)N1CCC(Nc2nccc(C3C(c4ccc(F)cc4)N=C4OC=CN43)n2)CC1. The Morgan fingerprint density at radius 2 is 1.68 bits per heavy atom. The van der Waals surface area contributed by atoms with Gasteiger partial charge in [-0.05, 0) is 60.9 Å². The lowest BCUT2D eigenvalue weighted by Crippen LogP contribution is -2.44. The standard InChI is InChI=1S/C27H25F2N7O2/c28-18-3-1-17(2-4-18)23-24(36-15-16-38-27(36)34-23)22-9-12-30-25(33-22)31-21-10-13-35(14-11-21)26(37)32-20-7-5-19(29)6-8-20/h1-9,12,15-16,21,23-24H,10-11,13-14H2,(H,32,37)(H,30,31,33). The highest BCUT2D eigenvalue weighted by atomic mass is 19.1. The molecule has 2 N–H and O–H groups in total.